The van der Waals surface area contributed by atoms with Gasteiger partial charge in [0.2, 0.25) is 10.0 Å². The molecule has 100 valence electrons. The molecule has 0 aliphatic heterocycles. The van der Waals surface area contributed by atoms with Gasteiger partial charge in [0.1, 0.15) is 0 Å². The van der Waals surface area contributed by atoms with Crippen molar-refractivity contribution in [1.29, 1.82) is 0 Å². The maximum atomic E-state index is 12.1. The van der Waals surface area contributed by atoms with Crippen LogP contribution in [0.1, 0.15) is 19.3 Å². The van der Waals surface area contributed by atoms with Crippen molar-refractivity contribution in [3.63, 3.8) is 0 Å². The number of thioether (sulfide) groups is 1. The van der Waals surface area contributed by atoms with Crippen molar-refractivity contribution in [2.24, 2.45) is 0 Å². The molecule has 1 aliphatic rings. The van der Waals surface area contributed by atoms with Gasteiger partial charge >= 0.3 is 0 Å². The maximum Gasteiger partial charge on any atom is 0.240 e. The number of hydrogen-bond donors (Lipinski definition) is 2. The number of benzene rings is 1. The van der Waals surface area contributed by atoms with Crippen LogP contribution in [-0.4, -0.2) is 26.0 Å². The van der Waals surface area contributed by atoms with Crippen LogP contribution in [0.4, 0.5) is 5.69 Å². The number of sulfonamides is 1. The molecule has 0 saturated heterocycles. The van der Waals surface area contributed by atoms with Gasteiger partial charge in [-0.2, -0.15) is 11.8 Å². The highest BCUT2D eigenvalue weighted by atomic mass is 32.2. The van der Waals surface area contributed by atoms with Gasteiger partial charge in [0, 0.05) is 17.0 Å². The van der Waals surface area contributed by atoms with Gasteiger partial charge in [-0.15, -0.1) is 0 Å². The van der Waals surface area contributed by atoms with Crippen LogP contribution in [0.3, 0.4) is 0 Å². The van der Waals surface area contributed by atoms with Crippen molar-refractivity contribution in [1.82, 2.24) is 4.72 Å². The Balaban J connectivity index is 2.05. The Kier molecular flexibility index (Phi) is 3.89. The van der Waals surface area contributed by atoms with E-state index >= 15 is 0 Å². The van der Waals surface area contributed by atoms with E-state index in [-0.39, 0.29) is 9.64 Å². The highest BCUT2D eigenvalue weighted by molar-refractivity contribution is 8.00. The Morgan fingerprint density at radius 3 is 2.39 bits per heavy atom. The van der Waals surface area contributed by atoms with Gasteiger partial charge in [0.05, 0.1) is 4.90 Å². The molecule has 0 heterocycles. The zero-order valence-electron chi connectivity index (χ0n) is 10.3. The van der Waals surface area contributed by atoms with E-state index in [9.17, 15) is 8.42 Å². The molecule has 0 atom stereocenters. The highest BCUT2D eigenvalue weighted by Gasteiger charge is 2.37. The van der Waals surface area contributed by atoms with Gasteiger partial charge < -0.3 is 5.73 Å². The summed E-state index contributed by atoms with van der Waals surface area (Å²) >= 11 is 1.75. The molecule has 1 fully saturated rings. The lowest BCUT2D eigenvalue weighted by Gasteiger charge is -2.40. The largest absolute Gasteiger partial charge is 0.399 e. The Labute approximate surface area is 112 Å². The van der Waals surface area contributed by atoms with Crippen LogP contribution in [0.15, 0.2) is 29.2 Å². The van der Waals surface area contributed by atoms with E-state index in [1.165, 1.54) is 18.6 Å². The fourth-order valence-electron chi connectivity index (χ4n) is 1.98. The van der Waals surface area contributed by atoms with Gasteiger partial charge in [-0.1, -0.05) is 6.42 Å². The van der Waals surface area contributed by atoms with Crippen LogP contribution in [0.2, 0.25) is 0 Å². The summed E-state index contributed by atoms with van der Waals surface area (Å²) < 4.78 is 27.0. The lowest BCUT2D eigenvalue weighted by atomic mass is 9.84. The van der Waals surface area contributed by atoms with Crippen LogP contribution in [0.5, 0.6) is 0 Å². The Morgan fingerprint density at radius 2 is 1.94 bits per heavy atom. The van der Waals surface area contributed by atoms with E-state index in [4.69, 9.17) is 5.73 Å². The van der Waals surface area contributed by atoms with Crippen molar-refractivity contribution in [3.8, 4) is 0 Å². The summed E-state index contributed by atoms with van der Waals surface area (Å²) in [6.45, 7) is 0.501. The average Bonchev–Trinajstić information content (AvgIpc) is 2.29. The van der Waals surface area contributed by atoms with Gasteiger partial charge in [0.25, 0.3) is 0 Å². The first kappa shape index (κ1) is 13.7. The number of nitrogens with one attached hydrogen (secondary N) is 1. The Bertz CT molecular complexity index is 502. The van der Waals surface area contributed by atoms with Gasteiger partial charge in [-0.3, -0.25) is 0 Å². The molecule has 1 aromatic carbocycles. The van der Waals surface area contributed by atoms with Crippen molar-refractivity contribution >= 4 is 27.5 Å². The van der Waals surface area contributed by atoms with Gasteiger partial charge in [-0.25, -0.2) is 13.1 Å². The van der Waals surface area contributed by atoms with E-state index in [1.54, 1.807) is 23.9 Å². The molecule has 0 aromatic heterocycles. The summed E-state index contributed by atoms with van der Waals surface area (Å²) in [6.07, 6.45) is 5.39. The molecule has 0 unspecified atom stereocenters. The van der Waals surface area contributed by atoms with Crippen molar-refractivity contribution < 1.29 is 8.42 Å². The first-order valence-electron chi connectivity index (χ1n) is 5.88. The van der Waals surface area contributed by atoms with Crippen LogP contribution in [-0.2, 0) is 10.0 Å². The van der Waals surface area contributed by atoms with Crippen LogP contribution in [0, 0.1) is 0 Å². The molecule has 1 aromatic rings. The molecule has 1 aliphatic carbocycles. The SMILES string of the molecule is CSC1(CNS(=O)(=O)c2ccc(N)cc2)CCC1. The summed E-state index contributed by atoms with van der Waals surface area (Å²) in [5.41, 5.74) is 6.11. The van der Waals surface area contributed by atoms with E-state index in [0.29, 0.717) is 12.2 Å². The lowest BCUT2D eigenvalue weighted by molar-refractivity contribution is 0.362. The van der Waals surface area contributed by atoms with E-state index in [2.05, 4.69) is 4.72 Å². The topological polar surface area (TPSA) is 72.2 Å². The van der Waals surface area contributed by atoms with Gasteiger partial charge in [0.15, 0.2) is 0 Å². The molecule has 0 spiro atoms. The fourth-order valence-corrected chi connectivity index (χ4v) is 4.11. The summed E-state index contributed by atoms with van der Waals surface area (Å²) in [5.74, 6) is 0. The van der Waals surface area contributed by atoms with E-state index in [0.717, 1.165) is 12.8 Å². The lowest BCUT2D eigenvalue weighted by Crippen LogP contribution is -2.45. The zero-order chi connectivity index (χ0) is 13.2. The third kappa shape index (κ3) is 2.81. The Hall–Kier alpha value is -0.720. The predicted molar refractivity (Wildman–Crippen MR) is 76.1 cm³/mol. The van der Waals surface area contributed by atoms with Crippen LogP contribution >= 0.6 is 11.8 Å². The van der Waals surface area contributed by atoms with Crippen molar-refractivity contribution in [2.45, 2.75) is 28.9 Å². The minimum Gasteiger partial charge on any atom is -0.399 e. The second kappa shape index (κ2) is 5.11. The maximum absolute atomic E-state index is 12.1. The summed E-state index contributed by atoms with van der Waals surface area (Å²) in [7, 11) is -3.42. The molecular weight excluding hydrogens is 268 g/mol. The standard InChI is InChI=1S/C12H18N2O2S2/c1-17-12(7-2-8-12)9-14-18(15,16)11-5-3-10(13)4-6-11/h3-6,14H,2,7-9,13H2,1H3. The number of anilines is 1. The number of nitrogens with two attached hydrogens (primary N) is 1. The quantitative estimate of drug-likeness (QED) is 0.810. The summed E-state index contributed by atoms with van der Waals surface area (Å²) in [6, 6.07) is 6.26. The average molecular weight is 286 g/mol. The third-order valence-corrected chi connectivity index (χ3v) is 6.31. The monoisotopic (exact) mass is 286 g/mol. The summed E-state index contributed by atoms with van der Waals surface area (Å²) in [4.78, 5) is 0.271. The molecule has 0 amide bonds. The number of nitrogen functional groups attached to an aromatic ring is 1. The minimum atomic E-state index is -3.42. The van der Waals surface area contributed by atoms with Crippen molar-refractivity contribution in [3.05, 3.63) is 24.3 Å². The molecule has 4 nitrogen and oxygen atoms in total. The molecule has 1 saturated carbocycles. The molecule has 0 radical (unpaired) electrons. The fraction of sp³-hybridized carbons (Fsp3) is 0.500. The minimum absolute atomic E-state index is 0.0981. The second-order valence-corrected chi connectivity index (χ2v) is 7.68. The highest BCUT2D eigenvalue weighted by Crippen LogP contribution is 2.42. The van der Waals surface area contributed by atoms with Crippen LogP contribution < -0.4 is 10.5 Å². The molecule has 6 heteroatoms. The molecular formula is C12H18N2O2S2. The Morgan fingerprint density at radius 1 is 1.33 bits per heavy atom. The first-order valence-corrected chi connectivity index (χ1v) is 8.59. The normalized spacial score (nSPS) is 18.3. The van der Waals surface area contributed by atoms with E-state index in [1.807, 2.05) is 6.26 Å². The van der Waals surface area contributed by atoms with Gasteiger partial charge in [-0.05, 0) is 43.4 Å². The van der Waals surface area contributed by atoms with Crippen LogP contribution in [0.25, 0.3) is 0 Å². The molecule has 2 rings (SSSR count). The number of hydrogen-bond acceptors (Lipinski definition) is 4. The first-order chi connectivity index (χ1) is 8.47. The molecule has 3 N–H and O–H groups in total. The number of rotatable bonds is 5. The third-order valence-electron chi connectivity index (χ3n) is 3.47. The molecule has 0 bridgehead atoms. The van der Waals surface area contributed by atoms with E-state index < -0.39 is 10.0 Å². The predicted octanol–water partition coefficient (Wildman–Crippen LogP) is 1.83. The zero-order valence-corrected chi connectivity index (χ0v) is 12.0. The second-order valence-electron chi connectivity index (χ2n) is 4.63. The molecule has 18 heavy (non-hydrogen) atoms. The van der Waals surface area contributed by atoms with Crippen molar-refractivity contribution in [2.75, 3.05) is 18.5 Å². The summed E-state index contributed by atoms with van der Waals surface area (Å²) in [5, 5.41) is 0. The smallest absolute Gasteiger partial charge is 0.240 e.